The van der Waals surface area contributed by atoms with E-state index in [1.165, 1.54) is 11.8 Å². The molecule has 1 aliphatic rings. The molecule has 2 N–H and O–H groups in total. The molecule has 1 amide bonds. The van der Waals surface area contributed by atoms with Crippen LogP contribution < -0.4 is 21.3 Å². The first-order valence-corrected chi connectivity index (χ1v) is 10.7. The molecule has 0 aliphatic carbocycles. The summed E-state index contributed by atoms with van der Waals surface area (Å²) in [4.78, 5) is 40.9. The molecule has 0 unspecified atom stereocenters. The Kier molecular flexibility index (Phi) is 6.08. The van der Waals surface area contributed by atoms with Crippen molar-refractivity contribution in [3.63, 3.8) is 0 Å². The number of nitrogens with zero attached hydrogens (tertiary/aromatic N) is 1. The van der Waals surface area contributed by atoms with Crippen LogP contribution in [0.4, 0.5) is 0 Å². The first-order chi connectivity index (χ1) is 15.0. The number of aromatic amines is 1. The predicted octanol–water partition coefficient (Wildman–Crippen LogP) is 2.40. The third-order valence-electron chi connectivity index (χ3n) is 4.94. The van der Waals surface area contributed by atoms with Crippen LogP contribution in [-0.4, -0.2) is 28.3 Å². The van der Waals surface area contributed by atoms with Crippen molar-refractivity contribution in [3.8, 4) is 5.75 Å². The maximum Gasteiger partial charge on any atom is 0.329 e. The topological polar surface area (TPSA) is 93.2 Å². The fourth-order valence-electron chi connectivity index (χ4n) is 3.29. The molecule has 0 bridgehead atoms. The fourth-order valence-corrected chi connectivity index (χ4v) is 4.27. The van der Waals surface area contributed by atoms with Crippen molar-refractivity contribution in [2.24, 2.45) is 0 Å². The van der Waals surface area contributed by atoms with Gasteiger partial charge in [0.1, 0.15) is 5.75 Å². The van der Waals surface area contributed by atoms with Gasteiger partial charge in [-0.25, -0.2) is 4.79 Å². The highest BCUT2D eigenvalue weighted by molar-refractivity contribution is 7.99. The van der Waals surface area contributed by atoms with E-state index >= 15 is 0 Å². The van der Waals surface area contributed by atoms with Gasteiger partial charge in [-0.2, -0.15) is 0 Å². The minimum absolute atomic E-state index is 0.165. The van der Waals surface area contributed by atoms with Gasteiger partial charge in [-0.05, 0) is 29.3 Å². The van der Waals surface area contributed by atoms with Crippen LogP contribution in [0.2, 0.25) is 0 Å². The van der Waals surface area contributed by atoms with E-state index in [0.717, 1.165) is 21.4 Å². The summed E-state index contributed by atoms with van der Waals surface area (Å²) in [6.45, 7) is 0.507. The Morgan fingerprint density at radius 1 is 1.13 bits per heavy atom. The van der Waals surface area contributed by atoms with Crippen LogP contribution in [0, 0.1) is 0 Å². The monoisotopic (exact) mass is 435 g/mol. The van der Waals surface area contributed by atoms with Gasteiger partial charge in [-0.1, -0.05) is 42.5 Å². The number of nitrogens with one attached hydrogen (secondary N) is 2. The SMILES string of the molecule is COc1cccc(CNC(=O)C2=Cc3c([nH]c(=O)n(Cc4ccccc4)c3=O)SC2)c1. The molecule has 3 aromatic rings. The Bertz CT molecular complexity index is 1260. The van der Waals surface area contributed by atoms with Crippen molar-refractivity contribution in [1.29, 1.82) is 0 Å². The van der Waals surface area contributed by atoms with E-state index in [4.69, 9.17) is 4.74 Å². The molecule has 2 aromatic carbocycles. The van der Waals surface area contributed by atoms with E-state index in [1.807, 2.05) is 54.6 Å². The van der Waals surface area contributed by atoms with E-state index in [1.54, 1.807) is 13.2 Å². The first-order valence-electron chi connectivity index (χ1n) is 9.70. The second kappa shape index (κ2) is 9.09. The number of fused-ring (bicyclic) bond motifs is 1. The average molecular weight is 436 g/mol. The minimum Gasteiger partial charge on any atom is -0.497 e. The van der Waals surface area contributed by atoms with Crippen LogP contribution in [0.15, 0.2) is 74.8 Å². The molecule has 1 aromatic heterocycles. The maximum absolute atomic E-state index is 13.0. The number of carbonyl (C=O) groups is 1. The summed E-state index contributed by atoms with van der Waals surface area (Å²) in [5, 5.41) is 3.37. The number of hydrogen-bond acceptors (Lipinski definition) is 5. The Morgan fingerprint density at radius 3 is 2.68 bits per heavy atom. The minimum atomic E-state index is -0.459. The average Bonchev–Trinajstić information content (AvgIpc) is 2.81. The molecule has 0 spiro atoms. The van der Waals surface area contributed by atoms with E-state index in [2.05, 4.69) is 10.3 Å². The Hall–Kier alpha value is -3.52. The lowest BCUT2D eigenvalue weighted by molar-refractivity contribution is -0.117. The maximum atomic E-state index is 13.0. The largest absolute Gasteiger partial charge is 0.497 e. The number of benzene rings is 2. The van der Waals surface area contributed by atoms with Gasteiger partial charge < -0.3 is 15.0 Å². The second-order valence-electron chi connectivity index (χ2n) is 7.04. The number of hydrogen-bond donors (Lipinski definition) is 2. The summed E-state index contributed by atoms with van der Waals surface area (Å²) < 4.78 is 6.36. The molecular weight excluding hydrogens is 414 g/mol. The molecule has 2 heterocycles. The quantitative estimate of drug-likeness (QED) is 0.580. The molecule has 0 saturated carbocycles. The molecule has 0 radical (unpaired) electrons. The number of thioether (sulfide) groups is 1. The number of carbonyl (C=O) groups excluding carboxylic acids is 1. The van der Waals surface area contributed by atoms with Gasteiger partial charge >= 0.3 is 5.69 Å². The molecule has 4 rings (SSSR count). The van der Waals surface area contributed by atoms with Gasteiger partial charge in [0.15, 0.2) is 0 Å². The van der Waals surface area contributed by atoms with Crippen LogP contribution in [0.1, 0.15) is 16.7 Å². The van der Waals surface area contributed by atoms with Crippen molar-refractivity contribution >= 4 is 23.7 Å². The van der Waals surface area contributed by atoms with Crippen LogP contribution >= 0.6 is 11.8 Å². The molecular formula is C23H21N3O4S. The number of H-pyrrole nitrogens is 1. The number of amides is 1. The van der Waals surface area contributed by atoms with E-state index < -0.39 is 11.2 Å². The third-order valence-corrected chi connectivity index (χ3v) is 6.00. The van der Waals surface area contributed by atoms with Crippen molar-refractivity contribution in [2.45, 2.75) is 18.1 Å². The molecule has 158 valence electrons. The lowest BCUT2D eigenvalue weighted by Crippen LogP contribution is -2.38. The third kappa shape index (κ3) is 4.64. The molecule has 8 heteroatoms. The highest BCUT2D eigenvalue weighted by Gasteiger charge is 2.21. The van der Waals surface area contributed by atoms with E-state index in [0.29, 0.717) is 28.5 Å². The van der Waals surface area contributed by atoms with Crippen molar-refractivity contribution in [3.05, 3.63) is 97.7 Å². The van der Waals surface area contributed by atoms with Gasteiger partial charge in [0.05, 0.1) is 24.2 Å². The lowest BCUT2D eigenvalue weighted by Gasteiger charge is -2.16. The van der Waals surface area contributed by atoms with Gasteiger partial charge in [-0.3, -0.25) is 14.2 Å². The smallest absolute Gasteiger partial charge is 0.329 e. The molecule has 1 aliphatic heterocycles. The molecule has 0 saturated heterocycles. The summed E-state index contributed by atoms with van der Waals surface area (Å²) in [5.74, 6) is 0.840. The van der Waals surface area contributed by atoms with Gasteiger partial charge in [0, 0.05) is 17.9 Å². The van der Waals surface area contributed by atoms with E-state index in [-0.39, 0.29) is 12.5 Å². The Labute approximate surface area is 182 Å². The lowest BCUT2D eigenvalue weighted by atomic mass is 10.1. The Balaban J connectivity index is 1.56. The standard InChI is InChI=1S/C23H21N3O4S/c1-30-18-9-5-8-16(10-18)12-24-20(27)17-11-19-21(31-14-17)25-23(29)26(22(19)28)13-15-6-3-2-4-7-15/h2-11H,12-14H2,1H3,(H,24,27)(H,25,29). The van der Waals surface area contributed by atoms with Crippen molar-refractivity contribution < 1.29 is 9.53 Å². The highest BCUT2D eigenvalue weighted by atomic mass is 32.2. The zero-order valence-corrected chi connectivity index (χ0v) is 17.7. The summed E-state index contributed by atoms with van der Waals surface area (Å²) in [6.07, 6.45) is 1.58. The van der Waals surface area contributed by atoms with Gasteiger partial charge in [0.2, 0.25) is 5.91 Å². The molecule has 0 fully saturated rings. The van der Waals surface area contributed by atoms with Crippen LogP contribution in [0.25, 0.3) is 6.08 Å². The van der Waals surface area contributed by atoms with Gasteiger partial charge in [0.25, 0.3) is 5.56 Å². The normalized spacial score (nSPS) is 12.6. The summed E-state index contributed by atoms with van der Waals surface area (Å²) in [6, 6.07) is 16.7. The van der Waals surface area contributed by atoms with Crippen molar-refractivity contribution in [2.75, 3.05) is 12.9 Å². The molecule has 31 heavy (non-hydrogen) atoms. The predicted molar refractivity (Wildman–Crippen MR) is 120 cm³/mol. The second-order valence-corrected chi connectivity index (χ2v) is 8.03. The number of rotatable bonds is 6. The molecule has 7 nitrogen and oxygen atoms in total. The van der Waals surface area contributed by atoms with Crippen LogP contribution in [-0.2, 0) is 17.9 Å². The zero-order valence-electron chi connectivity index (χ0n) is 16.9. The van der Waals surface area contributed by atoms with Crippen LogP contribution in [0.5, 0.6) is 5.75 Å². The number of aromatic nitrogens is 2. The summed E-state index contributed by atoms with van der Waals surface area (Å²) in [7, 11) is 1.59. The number of ether oxygens (including phenoxy) is 1. The summed E-state index contributed by atoms with van der Waals surface area (Å²) >= 11 is 1.28. The molecule has 0 atom stereocenters. The fraction of sp³-hybridized carbons (Fsp3) is 0.174. The zero-order chi connectivity index (χ0) is 21.8. The van der Waals surface area contributed by atoms with E-state index in [9.17, 15) is 14.4 Å². The number of methoxy groups -OCH3 is 1. The first kappa shape index (κ1) is 20.7. The summed E-state index contributed by atoms with van der Waals surface area (Å²) in [5.41, 5.74) is 1.70. The Morgan fingerprint density at radius 2 is 1.90 bits per heavy atom. The highest BCUT2D eigenvalue weighted by Crippen LogP contribution is 2.27. The van der Waals surface area contributed by atoms with Crippen LogP contribution in [0.3, 0.4) is 0 Å². The van der Waals surface area contributed by atoms with Gasteiger partial charge in [-0.15, -0.1) is 11.8 Å². The van der Waals surface area contributed by atoms with Crippen molar-refractivity contribution in [1.82, 2.24) is 14.9 Å².